The third kappa shape index (κ3) is 3.69. The molecule has 0 saturated carbocycles. The Balaban J connectivity index is 1.89. The lowest BCUT2D eigenvalue weighted by Crippen LogP contribution is -1.82. The highest BCUT2D eigenvalue weighted by Crippen LogP contribution is 2.23. The molecule has 0 fully saturated rings. The number of hydrogen-bond donors (Lipinski definition) is 0. The van der Waals surface area contributed by atoms with Gasteiger partial charge in [0.15, 0.2) is 0 Å². The van der Waals surface area contributed by atoms with Gasteiger partial charge in [0.05, 0.1) is 11.6 Å². The third-order valence-corrected chi connectivity index (χ3v) is 3.86. The summed E-state index contributed by atoms with van der Waals surface area (Å²) in [6, 6.07) is 28.0. The molecule has 0 N–H and O–H groups in total. The fraction of sp³-hybridized carbons (Fsp3) is 0. The van der Waals surface area contributed by atoms with Crippen molar-refractivity contribution >= 4 is 23.3 Å². The van der Waals surface area contributed by atoms with Crippen molar-refractivity contribution in [1.29, 1.82) is 5.26 Å². The number of rotatable bonds is 3. The summed E-state index contributed by atoms with van der Waals surface area (Å²) < 4.78 is 0. The molecule has 0 aliphatic carbocycles. The maximum absolute atomic E-state index is 9.39. The summed E-state index contributed by atoms with van der Waals surface area (Å²) in [7, 11) is 0. The van der Waals surface area contributed by atoms with Gasteiger partial charge in [-0.2, -0.15) is 5.26 Å². The second-order valence-electron chi connectivity index (χ2n) is 5.16. The maximum atomic E-state index is 9.39. The van der Waals surface area contributed by atoms with E-state index in [0.717, 1.165) is 16.7 Å². The predicted molar refractivity (Wildman–Crippen MR) is 96.8 cm³/mol. The lowest BCUT2D eigenvalue weighted by molar-refractivity contribution is 1.52. The topological polar surface area (TPSA) is 23.8 Å². The number of hydrogen-bond acceptors (Lipinski definition) is 1. The van der Waals surface area contributed by atoms with Crippen LogP contribution in [0.2, 0.25) is 5.02 Å². The molecule has 3 aromatic rings. The predicted octanol–water partition coefficient (Wildman–Crippen LogP) is 6.07. The Morgan fingerprint density at radius 2 is 1.39 bits per heavy atom. The molecule has 110 valence electrons. The van der Waals surface area contributed by atoms with Crippen molar-refractivity contribution < 1.29 is 0 Å². The summed E-state index contributed by atoms with van der Waals surface area (Å²) in [4.78, 5) is 0. The first-order valence-electron chi connectivity index (χ1n) is 7.29. The van der Waals surface area contributed by atoms with E-state index in [1.54, 1.807) is 12.1 Å². The molecule has 3 rings (SSSR count). The summed E-state index contributed by atoms with van der Waals surface area (Å²) in [5, 5.41) is 10.1. The molecule has 0 unspecified atom stereocenters. The molecule has 1 nitrogen and oxygen atoms in total. The third-order valence-electron chi connectivity index (χ3n) is 3.60. The van der Waals surface area contributed by atoms with Gasteiger partial charge in [0.1, 0.15) is 0 Å². The van der Waals surface area contributed by atoms with Crippen LogP contribution < -0.4 is 0 Å². The van der Waals surface area contributed by atoms with Gasteiger partial charge in [-0.1, -0.05) is 78.3 Å². The van der Waals surface area contributed by atoms with E-state index in [2.05, 4.69) is 30.3 Å². The van der Waals surface area contributed by atoms with Gasteiger partial charge in [-0.15, -0.1) is 0 Å². The van der Waals surface area contributed by atoms with Crippen molar-refractivity contribution in [2.75, 3.05) is 0 Å². The Bertz CT molecular complexity index is 854. The van der Waals surface area contributed by atoms with Crippen molar-refractivity contribution in [2.45, 2.75) is 0 Å². The second kappa shape index (κ2) is 6.96. The van der Waals surface area contributed by atoms with Crippen LogP contribution >= 0.6 is 11.6 Å². The van der Waals surface area contributed by atoms with Gasteiger partial charge in [-0.3, -0.25) is 0 Å². The second-order valence-corrected chi connectivity index (χ2v) is 5.60. The smallest absolute Gasteiger partial charge is 0.0998 e. The summed E-state index contributed by atoms with van der Waals surface area (Å²) in [6.45, 7) is 0. The molecule has 0 saturated heterocycles. The zero-order chi connectivity index (χ0) is 16.1. The van der Waals surface area contributed by atoms with Crippen LogP contribution in [0.25, 0.3) is 22.8 Å². The zero-order valence-corrected chi connectivity index (χ0v) is 13.2. The SMILES string of the molecule is N#C/C(=C\c1ccc(-c2ccccc2)cc1)c1ccc(Cl)cc1. The number of halogens is 1. The van der Waals surface area contributed by atoms with Gasteiger partial charge in [0, 0.05) is 5.02 Å². The standard InChI is InChI=1S/C21H14ClN/c22-21-12-10-19(11-13-21)20(15-23)14-16-6-8-18(9-7-16)17-4-2-1-3-5-17/h1-14H/b20-14+. The molecule has 0 atom stereocenters. The molecule has 23 heavy (non-hydrogen) atoms. The molecule has 0 radical (unpaired) electrons. The first-order valence-corrected chi connectivity index (χ1v) is 7.67. The van der Waals surface area contributed by atoms with Crippen LogP contribution in [0, 0.1) is 11.3 Å². The number of benzene rings is 3. The average molecular weight is 316 g/mol. The van der Waals surface area contributed by atoms with E-state index in [4.69, 9.17) is 11.6 Å². The number of nitrogens with zero attached hydrogens (tertiary/aromatic N) is 1. The molecule has 0 aliphatic heterocycles. The summed E-state index contributed by atoms with van der Waals surface area (Å²) in [6.07, 6.45) is 1.89. The van der Waals surface area contributed by atoms with E-state index in [0.29, 0.717) is 10.6 Å². The molecular weight excluding hydrogens is 302 g/mol. The highest BCUT2D eigenvalue weighted by Gasteiger charge is 2.02. The van der Waals surface area contributed by atoms with Crippen LogP contribution in [0.4, 0.5) is 0 Å². The number of nitriles is 1. The molecule has 0 aromatic heterocycles. The van der Waals surface area contributed by atoms with Crippen LogP contribution in [-0.2, 0) is 0 Å². The van der Waals surface area contributed by atoms with Gasteiger partial charge in [0.25, 0.3) is 0 Å². The van der Waals surface area contributed by atoms with Crippen molar-refractivity contribution in [3.8, 4) is 17.2 Å². The van der Waals surface area contributed by atoms with Crippen LogP contribution in [-0.4, -0.2) is 0 Å². The van der Waals surface area contributed by atoms with E-state index in [-0.39, 0.29) is 0 Å². The van der Waals surface area contributed by atoms with Crippen LogP contribution in [0.3, 0.4) is 0 Å². The minimum absolute atomic E-state index is 0.620. The van der Waals surface area contributed by atoms with E-state index in [1.807, 2.05) is 48.5 Å². The van der Waals surface area contributed by atoms with Crippen LogP contribution in [0.5, 0.6) is 0 Å². The summed E-state index contributed by atoms with van der Waals surface area (Å²) in [5.41, 5.74) is 4.82. The first-order chi connectivity index (χ1) is 11.3. The molecule has 0 heterocycles. The lowest BCUT2D eigenvalue weighted by atomic mass is 10.0. The van der Waals surface area contributed by atoms with E-state index in [9.17, 15) is 5.26 Å². The fourth-order valence-corrected chi connectivity index (χ4v) is 2.50. The molecule has 0 bridgehead atoms. The number of allylic oxidation sites excluding steroid dienone is 1. The summed E-state index contributed by atoms with van der Waals surface area (Å²) >= 11 is 5.89. The zero-order valence-electron chi connectivity index (χ0n) is 12.4. The average Bonchev–Trinajstić information content (AvgIpc) is 2.62. The Labute approximate surface area is 141 Å². The van der Waals surface area contributed by atoms with Crippen molar-refractivity contribution in [2.24, 2.45) is 0 Å². The van der Waals surface area contributed by atoms with Crippen LogP contribution in [0.15, 0.2) is 78.9 Å². The molecular formula is C21H14ClN. The van der Waals surface area contributed by atoms with Gasteiger partial charge in [-0.05, 0) is 40.5 Å². The van der Waals surface area contributed by atoms with Gasteiger partial charge < -0.3 is 0 Å². The monoisotopic (exact) mass is 315 g/mol. The van der Waals surface area contributed by atoms with Gasteiger partial charge in [-0.25, -0.2) is 0 Å². The Morgan fingerprint density at radius 3 is 2.00 bits per heavy atom. The molecule has 0 amide bonds. The highest BCUT2D eigenvalue weighted by molar-refractivity contribution is 6.30. The van der Waals surface area contributed by atoms with Crippen molar-refractivity contribution in [3.05, 3.63) is 95.0 Å². The minimum Gasteiger partial charge on any atom is -0.192 e. The molecule has 0 aliphatic rings. The summed E-state index contributed by atoms with van der Waals surface area (Å²) in [5.74, 6) is 0. The van der Waals surface area contributed by atoms with Gasteiger partial charge >= 0.3 is 0 Å². The van der Waals surface area contributed by atoms with E-state index < -0.39 is 0 Å². The van der Waals surface area contributed by atoms with E-state index in [1.165, 1.54) is 5.56 Å². The minimum atomic E-state index is 0.620. The Kier molecular flexibility index (Phi) is 4.57. The van der Waals surface area contributed by atoms with E-state index >= 15 is 0 Å². The molecule has 0 spiro atoms. The lowest BCUT2D eigenvalue weighted by Gasteiger charge is -2.03. The maximum Gasteiger partial charge on any atom is 0.0998 e. The molecule has 3 aromatic carbocycles. The highest BCUT2D eigenvalue weighted by atomic mass is 35.5. The van der Waals surface area contributed by atoms with Gasteiger partial charge in [0.2, 0.25) is 0 Å². The molecule has 2 heteroatoms. The van der Waals surface area contributed by atoms with Crippen molar-refractivity contribution in [3.63, 3.8) is 0 Å². The Morgan fingerprint density at radius 1 is 0.783 bits per heavy atom. The van der Waals surface area contributed by atoms with Crippen LogP contribution in [0.1, 0.15) is 11.1 Å². The first kappa shape index (κ1) is 15.1. The normalized spacial score (nSPS) is 11.0. The fourth-order valence-electron chi connectivity index (χ4n) is 2.38. The Hall–Kier alpha value is -2.82. The van der Waals surface area contributed by atoms with Crippen molar-refractivity contribution in [1.82, 2.24) is 0 Å². The largest absolute Gasteiger partial charge is 0.192 e. The quantitative estimate of drug-likeness (QED) is 0.425.